The largest absolute Gasteiger partial charge is 0.573 e. The Morgan fingerprint density at radius 1 is 1.43 bits per heavy atom. The minimum absolute atomic E-state index is 0.123. The van der Waals surface area contributed by atoms with E-state index in [9.17, 15) is 18.0 Å². The molecule has 2 rings (SSSR count). The molecule has 0 aromatic heterocycles. The van der Waals surface area contributed by atoms with Gasteiger partial charge in [-0.25, -0.2) is 0 Å². The fourth-order valence-corrected chi connectivity index (χ4v) is 2.31. The van der Waals surface area contributed by atoms with Crippen LogP contribution in [0.2, 0.25) is 0 Å². The molecule has 1 aromatic carbocycles. The number of nitrogens with one attached hydrogen (secondary N) is 1. The van der Waals surface area contributed by atoms with E-state index in [0.717, 1.165) is 12.5 Å². The second-order valence-corrected chi connectivity index (χ2v) is 5.61. The Balaban J connectivity index is 2.24. The average Bonchev–Trinajstić information content (AvgIpc) is 2.30. The molecule has 21 heavy (non-hydrogen) atoms. The van der Waals surface area contributed by atoms with Gasteiger partial charge in [0.25, 0.3) is 0 Å². The molecule has 1 N–H and O–H groups in total. The molecule has 0 atom stereocenters. The van der Waals surface area contributed by atoms with Crippen molar-refractivity contribution in [3.8, 4) is 11.8 Å². The monoisotopic (exact) mass is 362 g/mol. The van der Waals surface area contributed by atoms with Crippen LogP contribution in [0.25, 0.3) is 0 Å². The fourth-order valence-electron chi connectivity index (χ4n) is 1.97. The van der Waals surface area contributed by atoms with Crippen LogP contribution in [0, 0.1) is 16.7 Å². The summed E-state index contributed by atoms with van der Waals surface area (Å²) in [5.41, 5.74) is -1.27. The predicted octanol–water partition coefficient (Wildman–Crippen LogP) is 3.98. The van der Waals surface area contributed by atoms with E-state index < -0.39 is 23.4 Å². The van der Waals surface area contributed by atoms with E-state index in [1.54, 1.807) is 0 Å². The van der Waals surface area contributed by atoms with E-state index in [1.165, 1.54) is 12.1 Å². The summed E-state index contributed by atoms with van der Waals surface area (Å²) in [7, 11) is 0. The number of carbonyl (C=O) groups excluding carboxylic acids is 1. The van der Waals surface area contributed by atoms with Crippen LogP contribution in [-0.4, -0.2) is 12.3 Å². The van der Waals surface area contributed by atoms with Crippen LogP contribution in [0.4, 0.5) is 18.9 Å². The highest BCUT2D eigenvalue weighted by Gasteiger charge is 2.45. The Hall–Kier alpha value is -1.75. The molecule has 1 amide bonds. The Morgan fingerprint density at radius 3 is 2.57 bits per heavy atom. The van der Waals surface area contributed by atoms with Gasteiger partial charge in [-0.2, -0.15) is 5.26 Å². The van der Waals surface area contributed by atoms with E-state index in [0.29, 0.717) is 17.3 Å². The zero-order chi connectivity index (χ0) is 15.7. The van der Waals surface area contributed by atoms with Gasteiger partial charge in [0.05, 0.1) is 11.8 Å². The van der Waals surface area contributed by atoms with Crippen molar-refractivity contribution >= 4 is 27.5 Å². The van der Waals surface area contributed by atoms with E-state index in [2.05, 4.69) is 26.0 Å². The molecule has 1 saturated carbocycles. The molecule has 8 heteroatoms. The Morgan fingerprint density at radius 2 is 2.10 bits per heavy atom. The minimum Gasteiger partial charge on any atom is -0.404 e. The Kier molecular flexibility index (Phi) is 4.14. The normalized spacial score (nSPS) is 16.5. The predicted molar refractivity (Wildman–Crippen MR) is 71.4 cm³/mol. The average molecular weight is 363 g/mol. The number of carbonyl (C=O) groups is 1. The SMILES string of the molecule is N#CC1(C(=O)Nc2ccc(Br)cc2OC(F)(F)F)CCC1. The quantitative estimate of drug-likeness (QED) is 0.884. The number of alkyl halides is 3. The van der Waals surface area contributed by atoms with Gasteiger partial charge in [0, 0.05) is 4.47 Å². The maximum Gasteiger partial charge on any atom is 0.573 e. The van der Waals surface area contributed by atoms with Crippen LogP contribution >= 0.6 is 15.9 Å². The third kappa shape index (κ3) is 3.47. The lowest BCUT2D eigenvalue weighted by Crippen LogP contribution is -2.40. The van der Waals surface area contributed by atoms with Gasteiger partial charge in [-0.15, -0.1) is 13.2 Å². The maximum absolute atomic E-state index is 12.4. The molecule has 1 aromatic rings. The summed E-state index contributed by atoms with van der Waals surface area (Å²) >= 11 is 3.04. The van der Waals surface area contributed by atoms with E-state index in [1.807, 2.05) is 6.07 Å². The van der Waals surface area contributed by atoms with Crippen molar-refractivity contribution in [3.05, 3.63) is 22.7 Å². The first-order valence-corrected chi connectivity index (χ1v) is 6.83. The van der Waals surface area contributed by atoms with Crippen LogP contribution in [-0.2, 0) is 4.79 Å². The molecule has 1 aliphatic carbocycles. The number of halogens is 4. The molecule has 112 valence electrons. The number of nitriles is 1. The van der Waals surface area contributed by atoms with Gasteiger partial charge in [-0.05, 0) is 37.5 Å². The maximum atomic E-state index is 12.4. The Bertz CT molecular complexity index is 606. The first kappa shape index (κ1) is 15.6. The number of hydrogen-bond donors (Lipinski definition) is 1. The summed E-state index contributed by atoms with van der Waals surface area (Å²) in [5, 5.41) is 11.4. The number of hydrogen-bond acceptors (Lipinski definition) is 3. The number of rotatable bonds is 3. The highest BCUT2D eigenvalue weighted by molar-refractivity contribution is 9.10. The van der Waals surface area contributed by atoms with Crippen molar-refractivity contribution < 1.29 is 22.7 Å². The molecule has 0 aliphatic heterocycles. The van der Waals surface area contributed by atoms with Gasteiger partial charge in [0.2, 0.25) is 5.91 Å². The lowest BCUT2D eigenvalue weighted by molar-refractivity contribution is -0.274. The molecule has 0 heterocycles. The summed E-state index contributed by atoms with van der Waals surface area (Å²) in [6, 6.07) is 5.79. The number of anilines is 1. The van der Waals surface area contributed by atoms with Crippen molar-refractivity contribution in [2.45, 2.75) is 25.6 Å². The minimum atomic E-state index is -4.87. The smallest absolute Gasteiger partial charge is 0.404 e. The standard InChI is InChI=1S/C13H10BrF3N2O2/c14-8-2-3-9(10(6-8)21-13(15,16)17)19-11(20)12(7-18)4-1-5-12/h2-3,6H,1,4-5H2,(H,19,20). The van der Waals surface area contributed by atoms with Crippen molar-refractivity contribution in [3.63, 3.8) is 0 Å². The molecule has 4 nitrogen and oxygen atoms in total. The third-order valence-corrected chi connectivity index (χ3v) is 3.77. The summed E-state index contributed by atoms with van der Waals surface area (Å²) in [4.78, 5) is 12.1. The molecule has 0 radical (unpaired) electrons. The van der Waals surface area contributed by atoms with Crippen LogP contribution in [0.15, 0.2) is 22.7 Å². The molecule has 0 bridgehead atoms. The van der Waals surface area contributed by atoms with Gasteiger partial charge in [-0.1, -0.05) is 15.9 Å². The molecular formula is C13H10BrF3N2O2. The molecular weight excluding hydrogens is 353 g/mol. The number of amides is 1. The first-order chi connectivity index (χ1) is 9.76. The molecule has 1 aliphatic rings. The summed E-state index contributed by atoms with van der Waals surface area (Å²) in [5.74, 6) is -1.14. The highest BCUT2D eigenvalue weighted by Crippen LogP contribution is 2.42. The molecule has 0 unspecified atom stereocenters. The summed E-state index contributed by atoms with van der Waals surface area (Å²) in [6.45, 7) is 0. The number of benzene rings is 1. The zero-order valence-electron chi connectivity index (χ0n) is 10.6. The molecule has 1 fully saturated rings. The van der Waals surface area contributed by atoms with Gasteiger partial charge in [0.15, 0.2) is 5.75 Å². The summed E-state index contributed by atoms with van der Waals surface area (Å²) in [6.07, 6.45) is -3.32. The molecule has 0 spiro atoms. The lowest BCUT2D eigenvalue weighted by atomic mass is 9.69. The number of ether oxygens (including phenoxy) is 1. The third-order valence-electron chi connectivity index (χ3n) is 3.27. The highest BCUT2D eigenvalue weighted by atomic mass is 79.9. The van der Waals surface area contributed by atoms with Crippen molar-refractivity contribution in [2.24, 2.45) is 5.41 Å². The first-order valence-electron chi connectivity index (χ1n) is 6.04. The fraction of sp³-hybridized carbons (Fsp3) is 0.385. The van der Waals surface area contributed by atoms with E-state index in [4.69, 9.17) is 5.26 Å². The van der Waals surface area contributed by atoms with E-state index >= 15 is 0 Å². The lowest BCUT2D eigenvalue weighted by Gasteiger charge is -2.33. The second kappa shape index (κ2) is 5.56. The van der Waals surface area contributed by atoms with E-state index in [-0.39, 0.29) is 5.69 Å². The topological polar surface area (TPSA) is 62.1 Å². The zero-order valence-corrected chi connectivity index (χ0v) is 12.2. The van der Waals surface area contributed by atoms with Crippen molar-refractivity contribution in [1.29, 1.82) is 5.26 Å². The van der Waals surface area contributed by atoms with Crippen LogP contribution in [0.1, 0.15) is 19.3 Å². The summed E-state index contributed by atoms with van der Waals surface area (Å²) < 4.78 is 41.4. The van der Waals surface area contributed by atoms with Crippen molar-refractivity contribution in [1.82, 2.24) is 0 Å². The van der Waals surface area contributed by atoms with Gasteiger partial charge in [0.1, 0.15) is 5.41 Å². The second-order valence-electron chi connectivity index (χ2n) is 4.69. The van der Waals surface area contributed by atoms with Crippen LogP contribution in [0.5, 0.6) is 5.75 Å². The number of nitrogens with zero attached hydrogens (tertiary/aromatic N) is 1. The van der Waals surface area contributed by atoms with Crippen molar-refractivity contribution in [2.75, 3.05) is 5.32 Å². The van der Waals surface area contributed by atoms with Crippen LogP contribution in [0.3, 0.4) is 0 Å². The van der Waals surface area contributed by atoms with Gasteiger partial charge >= 0.3 is 6.36 Å². The Labute approximate surface area is 127 Å². The molecule has 0 saturated heterocycles. The van der Waals surface area contributed by atoms with Crippen LogP contribution < -0.4 is 10.1 Å². The van der Waals surface area contributed by atoms with Gasteiger partial charge < -0.3 is 10.1 Å². The van der Waals surface area contributed by atoms with Gasteiger partial charge in [-0.3, -0.25) is 4.79 Å².